The molecule has 1 N–H and O–H groups in total. The minimum absolute atomic E-state index is 0.00685. The quantitative estimate of drug-likeness (QED) is 0.933. The molecule has 112 valence electrons. The standard InChI is InChI=1S/C13H14Cl2N4O2/c14-8-4-5-10(11(15)6-8)12(20)7-18-13(21)19(17-16-18)9-2-1-3-9/h4-6,9,12,20H,1-3,7H2. The summed E-state index contributed by atoms with van der Waals surface area (Å²) in [4.78, 5) is 12.1. The first-order chi connectivity index (χ1) is 10.1. The van der Waals surface area contributed by atoms with E-state index < -0.39 is 6.10 Å². The molecule has 1 aliphatic rings. The molecule has 0 aliphatic heterocycles. The van der Waals surface area contributed by atoms with Crippen molar-refractivity contribution in [2.24, 2.45) is 0 Å². The molecule has 3 rings (SSSR count). The van der Waals surface area contributed by atoms with Crippen molar-refractivity contribution in [3.8, 4) is 0 Å². The number of tetrazole rings is 1. The molecule has 1 aromatic carbocycles. The van der Waals surface area contributed by atoms with Crippen molar-refractivity contribution in [3.63, 3.8) is 0 Å². The summed E-state index contributed by atoms with van der Waals surface area (Å²) >= 11 is 11.9. The van der Waals surface area contributed by atoms with Crippen LogP contribution in [-0.4, -0.2) is 24.9 Å². The van der Waals surface area contributed by atoms with Crippen LogP contribution in [0.25, 0.3) is 0 Å². The van der Waals surface area contributed by atoms with Gasteiger partial charge in [-0.1, -0.05) is 29.3 Å². The highest BCUT2D eigenvalue weighted by molar-refractivity contribution is 6.35. The van der Waals surface area contributed by atoms with Gasteiger partial charge in [0.05, 0.1) is 12.6 Å². The second-order valence-corrected chi connectivity index (χ2v) is 6.00. The Bertz CT molecular complexity index is 708. The van der Waals surface area contributed by atoms with Gasteiger partial charge in [0, 0.05) is 15.6 Å². The summed E-state index contributed by atoms with van der Waals surface area (Å²) in [6.07, 6.45) is 2.06. The fourth-order valence-electron chi connectivity index (χ4n) is 2.30. The molecule has 1 aromatic heterocycles. The highest BCUT2D eigenvalue weighted by atomic mass is 35.5. The number of benzene rings is 1. The lowest BCUT2D eigenvalue weighted by atomic mass is 9.93. The van der Waals surface area contributed by atoms with Crippen molar-refractivity contribution in [1.82, 2.24) is 19.8 Å². The second kappa shape index (κ2) is 5.79. The number of aromatic nitrogens is 4. The topological polar surface area (TPSA) is 72.9 Å². The molecule has 0 spiro atoms. The molecule has 1 unspecified atom stereocenters. The van der Waals surface area contributed by atoms with Crippen LogP contribution in [0.2, 0.25) is 10.0 Å². The third-order valence-corrected chi connectivity index (χ3v) is 4.31. The van der Waals surface area contributed by atoms with Gasteiger partial charge in [0.1, 0.15) is 6.10 Å². The first-order valence-electron chi connectivity index (χ1n) is 6.71. The van der Waals surface area contributed by atoms with E-state index >= 15 is 0 Å². The van der Waals surface area contributed by atoms with Gasteiger partial charge in [-0.2, -0.15) is 9.36 Å². The van der Waals surface area contributed by atoms with Crippen molar-refractivity contribution < 1.29 is 5.11 Å². The minimum atomic E-state index is -0.945. The van der Waals surface area contributed by atoms with Crippen molar-refractivity contribution >= 4 is 23.2 Å². The Morgan fingerprint density at radius 1 is 1.33 bits per heavy atom. The van der Waals surface area contributed by atoms with E-state index in [-0.39, 0.29) is 18.3 Å². The number of aliphatic hydroxyl groups excluding tert-OH is 1. The Morgan fingerprint density at radius 2 is 2.10 bits per heavy atom. The average molecular weight is 329 g/mol. The van der Waals surface area contributed by atoms with Crippen LogP contribution < -0.4 is 5.69 Å². The van der Waals surface area contributed by atoms with Crippen molar-refractivity contribution in [2.45, 2.75) is 38.0 Å². The molecule has 21 heavy (non-hydrogen) atoms. The monoisotopic (exact) mass is 328 g/mol. The molecular weight excluding hydrogens is 315 g/mol. The number of rotatable bonds is 4. The van der Waals surface area contributed by atoms with Crippen LogP contribution in [0, 0.1) is 0 Å². The van der Waals surface area contributed by atoms with Crippen LogP contribution in [0.4, 0.5) is 0 Å². The Morgan fingerprint density at radius 3 is 2.71 bits per heavy atom. The Hall–Kier alpha value is -1.37. The summed E-state index contributed by atoms with van der Waals surface area (Å²) in [6.45, 7) is 0.00685. The zero-order chi connectivity index (χ0) is 15.0. The van der Waals surface area contributed by atoms with Gasteiger partial charge in [0.15, 0.2) is 0 Å². The fraction of sp³-hybridized carbons (Fsp3) is 0.462. The van der Waals surface area contributed by atoms with E-state index in [1.54, 1.807) is 18.2 Å². The van der Waals surface area contributed by atoms with Gasteiger partial charge in [-0.15, -0.1) is 0 Å². The van der Waals surface area contributed by atoms with Gasteiger partial charge in [0.25, 0.3) is 0 Å². The first-order valence-corrected chi connectivity index (χ1v) is 7.47. The molecule has 6 nitrogen and oxygen atoms in total. The zero-order valence-electron chi connectivity index (χ0n) is 11.1. The van der Waals surface area contributed by atoms with Gasteiger partial charge in [-0.3, -0.25) is 0 Å². The number of hydrogen-bond acceptors (Lipinski definition) is 4. The first kappa shape index (κ1) is 14.6. The summed E-state index contributed by atoms with van der Waals surface area (Å²) in [5.74, 6) is 0. The normalized spacial score (nSPS) is 16.7. The average Bonchev–Trinajstić information content (AvgIpc) is 2.70. The van der Waals surface area contributed by atoms with Crippen molar-refractivity contribution in [2.75, 3.05) is 0 Å². The third-order valence-electron chi connectivity index (χ3n) is 3.75. The van der Waals surface area contributed by atoms with Crippen molar-refractivity contribution in [3.05, 3.63) is 44.3 Å². The van der Waals surface area contributed by atoms with E-state index in [0.717, 1.165) is 23.9 Å². The van der Waals surface area contributed by atoms with Gasteiger partial charge in [-0.25, -0.2) is 4.79 Å². The lowest BCUT2D eigenvalue weighted by Crippen LogP contribution is -2.32. The number of halogens is 2. The summed E-state index contributed by atoms with van der Waals surface area (Å²) in [6, 6.07) is 4.97. The van der Waals surface area contributed by atoms with Gasteiger partial charge in [0.2, 0.25) is 0 Å². The second-order valence-electron chi connectivity index (χ2n) is 5.15. The molecule has 1 heterocycles. The van der Waals surface area contributed by atoms with Crippen LogP contribution in [0.15, 0.2) is 23.0 Å². The van der Waals surface area contributed by atoms with Crippen molar-refractivity contribution in [1.29, 1.82) is 0 Å². The highest BCUT2D eigenvalue weighted by Crippen LogP contribution is 2.29. The lowest BCUT2D eigenvalue weighted by molar-refractivity contribution is 0.149. The SMILES string of the molecule is O=c1n(CC(O)c2ccc(Cl)cc2Cl)nnn1C1CCC1. The maximum Gasteiger partial charge on any atom is 0.364 e. The molecule has 2 aromatic rings. The maximum absolute atomic E-state index is 12.1. The molecule has 0 bridgehead atoms. The lowest BCUT2D eigenvalue weighted by Gasteiger charge is -2.23. The number of aliphatic hydroxyl groups is 1. The molecule has 8 heteroatoms. The molecule has 1 atom stereocenters. The zero-order valence-corrected chi connectivity index (χ0v) is 12.6. The van der Waals surface area contributed by atoms with Gasteiger partial charge >= 0.3 is 5.69 Å². The maximum atomic E-state index is 12.1. The van der Waals surface area contributed by atoms with E-state index in [0.29, 0.717) is 15.6 Å². The van der Waals surface area contributed by atoms with E-state index in [1.807, 2.05) is 0 Å². The molecular formula is C13H14Cl2N4O2. The summed E-state index contributed by atoms with van der Waals surface area (Å²) in [7, 11) is 0. The Balaban J connectivity index is 1.79. The smallest absolute Gasteiger partial charge is 0.364 e. The molecule has 0 amide bonds. The summed E-state index contributed by atoms with van der Waals surface area (Å²) in [5.41, 5.74) is 0.204. The van der Waals surface area contributed by atoms with E-state index in [4.69, 9.17) is 23.2 Å². The van der Waals surface area contributed by atoms with Gasteiger partial charge in [-0.05, 0) is 41.8 Å². The molecule has 1 aliphatic carbocycles. The van der Waals surface area contributed by atoms with Crippen LogP contribution in [0.5, 0.6) is 0 Å². The number of nitrogens with zero attached hydrogens (tertiary/aromatic N) is 4. The minimum Gasteiger partial charge on any atom is -0.386 e. The largest absolute Gasteiger partial charge is 0.386 e. The summed E-state index contributed by atoms with van der Waals surface area (Å²) in [5, 5.41) is 18.8. The predicted octanol–water partition coefficient (Wildman–Crippen LogP) is 2.21. The molecule has 0 saturated heterocycles. The van der Waals surface area contributed by atoms with Crippen LogP contribution >= 0.6 is 23.2 Å². The van der Waals surface area contributed by atoms with Crippen LogP contribution in [0.3, 0.4) is 0 Å². The third kappa shape index (κ3) is 2.84. The number of hydrogen-bond donors (Lipinski definition) is 1. The highest BCUT2D eigenvalue weighted by Gasteiger charge is 2.24. The molecule has 1 fully saturated rings. The Labute approximate surface area is 130 Å². The summed E-state index contributed by atoms with van der Waals surface area (Å²) < 4.78 is 2.55. The predicted molar refractivity (Wildman–Crippen MR) is 78.6 cm³/mol. The molecule has 1 saturated carbocycles. The van der Waals surface area contributed by atoms with E-state index in [2.05, 4.69) is 10.4 Å². The van der Waals surface area contributed by atoms with Gasteiger partial charge < -0.3 is 5.11 Å². The molecule has 0 radical (unpaired) electrons. The van der Waals surface area contributed by atoms with E-state index in [1.165, 1.54) is 4.68 Å². The van der Waals surface area contributed by atoms with E-state index in [9.17, 15) is 9.90 Å². The Kier molecular flexibility index (Phi) is 4.01. The fourth-order valence-corrected chi connectivity index (χ4v) is 2.83. The van der Waals surface area contributed by atoms with Crippen LogP contribution in [0.1, 0.15) is 37.0 Å². The van der Waals surface area contributed by atoms with Crippen LogP contribution in [-0.2, 0) is 6.54 Å².